The van der Waals surface area contributed by atoms with Gasteiger partial charge in [-0.1, -0.05) is 69.2 Å². The molecule has 0 rings (SSSR count). The Hall–Kier alpha value is -1.14. The molecule has 1 N–H and O–H groups in total. The molecule has 0 spiro atoms. The molecule has 1 atom stereocenters. The molecule has 0 aromatic carbocycles. The Bertz CT molecular complexity index is 619. The summed E-state index contributed by atoms with van der Waals surface area (Å²) in [5.74, 6) is -0.335. The summed E-state index contributed by atoms with van der Waals surface area (Å²) < 4.78 is 11.3. The van der Waals surface area contributed by atoms with E-state index >= 15 is 0 Å². The molecule has 0 aliphatic heterocycles. The molecule has 0 amide bonds. The van der Waals surface area contributed by atoms with E-state index in [1.165, 1.54) is 0 Å². The molecule has 0 heterocycles. The van der Waals surface area contributed by atoms with Crippen LogP contribution in [0, 0.1) is 21.7 Å². The quantitative estimate of drug-likeness (QED) is 0.194. The second kappa shape index (κ2) is 15.2. The van der Waals surface area contributed by atoms with Gasteiger partial charge in [-0.3, -0.25) is 9.59 Å². The smallest absolute Gasteiger partial charge is 0.307 e. The van der Waals surface area contributed by atoms with Crippen LogP contribution in [0.2, 0.25) is 0 Å². The summed E-state index contributed by atoms with van der Waals surface area (Å²) in [6, 6.07) is 0. The Morgan fingerprint density at radius 2 is 1.23 bits per heavy atom. The number of rotatable bonds is 17. The number of esters is 2. The van der Waals surface area contributed by atoms with Crippen molar-refractivity contribution in [2.75, 3.05) is 46.4 Å². The Kier molecular flexibility index (Phi) is 14.7. The number of hydrogen-bond acceptors (Lipinski definition) is 6. The molecule has 0 saturated carbocycles. The van der Waals surface area contributed by atoms with Crippen LogP contribution in [0.3, 0.4) is 0 Å². The van der Waals surface area contributed by atoms with Crippen molar-refractivity contribution in [3.63, 3.8) is 0 Å². The minimum absolute atomic E-state index is 0.00901. The lowest BCUT2D eigenvalue weighted by atomic mass is 9.74. The first kappa shape index (κ1) is 33.9. The van der Waals surface area contributed by atoms with Gasteiger partial charge in [-0.05, 0) is 62.1 Å². The van der Waals surface area contributed by atoms with E-state index in [2.05, 4.69) is 79.5 Å². The predicted molar refractivity (Wildman–Crippen MR) is 146 cm³/mol. The van der Waals surface area contributed by atoms with Gasteiger partial charge in [-0.15, -0.1) is 0 Å². The molecule has 6 heteroatoms. The van der Waals surface area contributed by atoms with Crippen LogP contribution in [0.25, 0.3) is 0 Å². The van der Waals surface area contributed by atoms with Crippen molar-refractivity contribution in [1.82, 2.24) is 10.2 Å². The number of carbonyl (C=O) groups is 2. The van der Waals surface area contributed by atoms with E-state index in [1.807, 2.05) is 7.05 Å². The van der Waals surface area contributed by atoms with Gasteiger partial charge in [-0.2, -0.15) is 0 Å². The molecule has 6 nitrogen and oxygen atoms in total. The van der Waals surface area contributed by atoms with Gasteiger partial charge in [0.1, 0.15) is 0 Å². The highest BCUT2D eigenvalue weighted by atomic mass is 16.5. The zero-order valence-electron chi connectivity index (χ0n) is 25.1. The van der Waals surface area contributed by atoms with Crippen LogP contribution >= 0.6 is 0 Å². The number of nitrogens with one attached hydrogen (secondary N) is 1. The van der Waals surface area contributed by atoms with Crippen molar-refractivity contribution in [2.45, 2.75) is 108 Å². The highest BCUT2D eigenvalue weighted by Gasteiger charge is 2.30. The Morgan fingerprint density at radius 3 is 1.66 bits per heavy atom. The van der Waals surface area contributed by atoms with E-state index in [9.17, 15) is 9.59 Å². The molecule has 0 fully saturated rings. The normalized spacial score (nSPS) is 14.6. The SMILES string of the molecule is CCC(C)(COC(=O)CCN(CCCNC)CCC(=O)OCC(C)(C)CC(C)(C)C)CC(C)(C)C. The largest absolute Gasteiger partial charge is 0.465 e. The van der Waals surface area contributed by atoms with Crippen LogP contribution in [-0.2, 0) is 19.1 Å². The van der Waals surface area contributed by atoms with E-state index in [0.717, 1.165) is 38.8 Å². The molecule has 1 unspecified atom stereocenters. The Balaban J connectivity index is 4.67. The maximum atomic E-state index is 12.5. The highest BCUT2D eigenvalue weighted by Crippen LogP contribution is 2.36. The fourth-order valence-electron chi connectivity index (χ4n) is 5.03. The van der Waals surface area contributed by atoms with Gasteiger partial charge in [0.15, 0.2) is 0 Å². The molecule has 208 valence electrons. The van der Waals surface area contributed by atoms with E-state index in [-0.39, 0.29) is 33.6 Å². The van der Waals surface area contributed by atoms with Gasteiger partial charge < -0.3 is 19.7 Å². The van der Waals surface area contributed by atoms with E-state index < -0.39 is 0 Å². The third-order valence-corrected chi connectivity index (χ3v) is 6.19. The lowest BCUT2D eigenvalue weighted by molar-refractivity contribution is -0.148. The van der Waals surface area contributed by atoms with E-state index in [0.29, 0.717) is 39.1 Å². The van der Waals surface area contributed by atoms with Crippen LogP contribution in [0.1, 0.15) is 108 Å². The lowest BCUT2D eigenvalue weighted by Crippen LogP contribution is -2.33. The van der Waals surface area contributed by atoms with Crippen molar-refractivity contribution in [3.8, 4) is 0 Å². The molecule has 35 heavy (non-hydrogen) atoms. The zero-order chi connectivity index (χ0) is 27.3. The lowest BCUT2D eigenvalue weighted by Gasteiger charge is -2.34. The van der Waals surface area contributed by atoms with Gasteiger partial charge in [0.2, 0.25) is 0 Å². The first-order chi connectivity index (χ1) is 15.9. The molecule has 0 aliphatic carbocycles. The molecule has 0 aliphatic rings. The predicted octanol–water partition coefficient (Wildman–Crippen LogP) is 6.08. The summed E-state index contributed by atoms with van der Waals surface area (Å²) in [6.07, 6.45) is 4.59. The fraction of sp³-hybridized carbons (Fsp3) is 0.931. The number of carbonyl (C=O) groups excluding carboxylic acids is 2. The first-order valence-corrected chi connectivity index (χ1v) is 13.6. The van der Waals surface area contributed by atoms with Crippen LogP contribution in [0.15, 0.2) is 0 Å². The number of ether oxygens (including phenoxy) is 2. The molecule has 0 aromatic heterocycles. The second-order valence-corrected chi connectivity index (χ2v) is 13.9. The minimum atomic E-state index is -0.172. The minimum Gasteiger partial charge on any atom is -0.465 e. The summed E-state index contributed by atoms with van der Waals surface area (Å²) in [6.45, 7) is 25.7. The standard InChI is InChI=1S/C29H58N2O4/c1-12-29(10,21-27(5,6)7)23-35-25(33)15-19-31(17-13-16-30-11)18-14-24(32)34-22-28(8,9)20-26(2,3)4/h30H,12-23H2,1-11H3. The van der Waals surface area contributed by atoms with Crippen molar-refractivity contribution in [1.29, 1.82) is 0 Å². The van der Waals surface area contributed by atoms with E-state index in [4.69, 9.17) is 9.47 Å². The van der Waals surface area contributed by atoms with Gasteiger partial charge in [0, 0.05) is 18.5 Å². The highest BCUT2D eigenvalue weighted by molar-refractivity contribution is 5.70. The van der Waals surface area contributed by atoms with Gasteiger partial charge in [0.05, 0.1) is 26.1 Å². The molecule has 0 radical (unpaired) electrons. The second-order valence-electron chi connectivity index (χ2n) is 13.9. The summed E-state index contributed by atoms with van der Waals surface area (Å²) in [5.41, 5.74) is 0.322. The number of hydrogen-bond donors (Lipinski definition) is 1. The topological polar surface area (TPSA) is 67.9 Å². The van der Waals surface area contributed by atoms with Crippen LogP contribution in [-0.4, -0.2) is 63.3 Å². The van der Waals surface area contributed by atoms with Gasteiger partial charge in [0.25, 0.3) is 0 Å². The molecular weight excluding hydrogens is 440 g/mol. The summed E-state index contributed by atoms with van der Waals surface area (Å²) in [7, 11) is 1.93. The molecular formula is C29H58N2O4. The monoisotopic (exact) mass is 498 g/mol. The van der Waals surface area contributed by atoms with Crippen LogP contribution < -0.4 is 5.32 Å². The van der Waals surface area contributed by atoms with Crippen molar-refractivity contribution < 1.29 is 19.1 Å². The molecule has 0 saturated heterocycles. The fourth-order valence-corrected chi connectivity index (χ4v) is 5.03. The Morgan fingerprint density at radius 1 is 0.743 bits per heavy atom. The third-order valence-electron chi connectivity index (χ3n) is 6.19. The maximum absolute atomic E-state index is 12.5. The average Bonchev–Trinajstić information content (AvgIpc) is 2.69. The summed E-state index contributed by atoms with van der Waals surface area (Å²) in [5, 5.41) is 3.16. The van der Waals surface area contributed by atoms with Gasteiger partial charge in [-0.25, -0.2) is 0 Å². The first-order valence-electron chi connectivity index (χ1n) is 13.6. The summed E-state index contributed by atoms with van der Waals surface area (Å²) in [4.78, 5) is 27.1. The zero-order valence-corrected chi connectivity index (χ0v) is 25.1. The van der Waals surface area contributed by atoms with Crippen molar-refractivity contribution in [3.05, 3.63) is 0 Å². The van der Waals surface area contributed by atoms with Crippen molar-refractivity contribution >= 4 is 11.9 Å². The Labute approximate surface area is 217 Å². The molecule has 0 bridgehead atoms. The van der Waals surface area contributed by atoms with Crippen LogP contribution in [0.5, 0.6) is 0 Å². The van der Waals surface area contributed by atoms with Crippen LogP contribution in [0.4, 0.5) is 0 Å². The average molecular weight is 499 g/mol. The summed E-state index contributed by atoms with van der Waals surface area (Å²) >= 11 is 0. The van der Waals surface area contributed by atoms with E-state index in [1.54, 1.807) is 0 Å². The maximum Gasteiger partial charge on any atom is 0.307 e. The third kappa shape index (κ3) is 18.7. The van der Waals surface area contributed by atoms with Crippen molar-refractivity contribution in [2.24, 2.45) is 21.7 Å². The molecule has 0 aromatic rings. The number of nitrogens with zero attached hydrogens (tertiary/aromatic N) is 1. The van der Waals surface area contributed by atoms with Gasteiger partial charge >= 0.3 is 11.9 Å².